The number of nitrogens with one attached hydrogen (secondary N) is 1. The lowest BCUT2D eigenvalue weighted by Gasteiger charge is -2.12. The van der Waals surface area contributed by atoms with Gasteiger partial charge < -0.3 is 14.8 Å². The number of pyridine rings is 1. The molecule has 32 heavy (non-hydrogen) atoms. The number of carbonyl (C=O) groups excluding carboxylic acids is 1. The van der Waals surface area contributed by atoms with E-state index >= 15 is 0 Å². The zero-order valence-corrected chi connectivity index (χ0v) is 18.0. The Morgan fingerprint density at radius 2 is 1.97 bits per heavy atom. The summed E-state index contributed by atoms with van der Waals surface area (Å²) < 4.78 is 12.6. The summed E-state index contributed by atoms with van der Waals surface area (Å²) in [6.45, 7) is 2.22. The zero-order valence-electron chi connectivity index (χ0n) is 17.2. The molecule has 0 atom stereocenters. The minimum absolute atomic E-state index is 0.156. The number of amides is 1. The molecule has 1 amide bonds. The van der Waals surface area contributed by atoms with Crippen LogP contribution >= 0.6 is 11.8 Å². The van der Waals surface area contributed by atoms with Gasteiger partial charge in [-0.1, -0.05) is 30.0 Å². The fourth-order valence-electron chi connectivity index (χ4n) is 3.38. The van der Waals surface area contributed by atoms with E-state index < -0.39 is 0 Å². The lowest BCUT2D eigenvalue weighted by molar-refractivity contribution is -0.113. The molecule has 0 saturated carbocycles. The Morgan fingerprint density at radius 3 is 2.81 bits per heavy atom. The predicted molar refractivity (Wildman–Crippen MR) is 121 cm³/mol. The summed E-state index contributed by atoms with van der Waals surface area (Å²) in [5.74, 6) is 1.98. The highest BCUT2D eigenvalue weighted by atomic mass is 32.2. The molecule has 0 fully saturated rings. The van der Waals surface area contributed by atoms with Crippen LogP contribution in [0.25, 0.3) is 17.1 Å². The summed E-state index contributed by atoms with van der Waals surface area (Å²) >= 11 is 1.32. The molecule has 2 aromatic heterocycles. The molecule has 0 unspecified atom stereocenters. The van der Waals surface area contributed by atoms with Crippen LogP contribution in [0.1, 0.15) is 5.56 Å². The lowest BCUT2D eigenvalue weighted by Crippen LogP contribution is -2.14. The standard InChI is InChI=1S/C23H19N5O3S/c1-15-5-2-3-7-18(15)28-22(16-6-4-10-24-12-16)26-27-23(28)32-13-21(29)25-17-8-9-19-20(11-17)31-14-30-19/h2-12H,13-14H2,1H3,(H,25,29). The second kappa shape index (κ2) is 8.72. The molecule has 0 saturated heterocycles. The third-order valence-electron chi connectivity index (χ3n) is 4.90. The second-order valence-electron chi connectivity index (χ2n) is 7.07. The quantitative estimate of drug-likeness (QED) is 0.447. The van der Waals surface area contributed by atoms with Gasteiger partial charge in [-0.05, 0) is 42.8 Å². The van der Waals surface area contributed by atoms with E-state index in [4.69, 9.17) is 9.47 Å². The summed E-state index contributed by atoms with van der Waals surface area (Å²) in [4.78, 5) is 16.8. The van der Waals surface area contributed by atoms with Crippen LogP contribution in [0.15, 0.2) is 72.1 Å². The Bertz CT molecular complexity index is 1280. The van der Waals surface area contributed by atoms with Crippen LogP contribution in [0, 0.1) is 6.92 Å². The van der Waals surface area contributed by atoms with E-state index in [1.165, 1.54) is 11.8 Å². The van der Waals surface area contributed by atoms with E-state index in [1.807, 2.05) is 47.9 Å². The third-order valence-corrected chi connectivity index (χ3v) is 5.83. The number of anilines is 1. The monoisotopic (exact) mass is 445 g/mol. The number of hydrogen-bond acceptors (Lipinski definition) is 7. The van der Waals surface area contributed by atoms with Gasteiger partial charge in [0.25, 0.3) is 0 Å². The van der Waals surface area contributed by atoms with Gasteiger partial charge in [-0.25, -0.2) is 0 Å². The van der Waals surface area contributed by atoms with Crippen molar-refractivity contribution in [2.75, 3.05) is 17.9 Å². The number of ether oxygens (including phenoxy) is 2. The van der Waals surface area contributed by atoms with Crippen LogP contribution in [0.3, 0.4) is 0 Å². The van der Waals surface area contributed by atoms with Crippen molar-refractivity contribution < 1.29 is 14.3 Å². The number of nitrogens with zero attached hydrogens (tertiary/aromatic N) is 4. The maximum atomic E-state index is 12.6. The average Bonchev–Trinajstić information content (AvgIpc) is 3.45. The molecule has 160 valence electrons. The molecular formula is C23H19N5O3S. The number of fused-ring (bicyclic) bond motifs is 1. The molecule has 1 aliphatic heterocycles. The molecule has 0 spiro atoms. The van der Waals surface area contributed by atoms with Gasteiger partial charge in [0, 0.05) is 29.7 Å². The van der Waals surface area contributed by atoms with Gasteiger partial charge in [-0.3, -0.25) is 14.3 Å². The van der Waals surface area contributed by atoms with Crippen molar-refractivity contribution in [2.24, 2.45) is 0 Å². The molecular weight excluding hydrogens is 426 g/mol. The molecule has 0 aliphatic carbocycles. The maximum Gasteiger partial charge on any atom is 0.234 e. The highest BCUT2D eigenvalue weighted by molar-refractivity contribution is 7.99. The van der Waals surface area contributed by atoms with E-state index in [1.54, 1.807) is 30.6 Å². The van der Waals surface area contributed by atoms with Crippen molar-refractivity contribution >= 4 is 23.4 Å². The molecule has 5 rings (SSSR count). The Kier molecular flexibility index (Phi) is 5.47. The number of hydrogen-bond donors (Lipinski definition) is 1. The first-order valence-electron chi connectivity index (χ1n) is 9.93. The second-order valence-corrected chi connectivity index (χ2v) is 8.02. The first-order valence-corrected chi connectivity index (χ1v) is 10.9. The Balaban J connectivity index is 1.38. The van der Waals surface area contributed by atoms with E-state index in [0.29, 0.717) is 28.2 Å². The highest BCUT2D eigenvalue weighted by Gasteiger charge is 2.19. The van der Waals surface area contributed by atoms with Gasteiger partial charge in [0.1, 0.15) is 0 Å². The number of thioether (sulfide) groups is 1. The topological polar surface area (TPSA) is 91.2 Å². The van der Waals surface area contributed by atoms with Crippen LogP contribution < -0.4 is 14.8 Å². The van der Waals surface area contributed by atoms with Gasteiger partial charge in [0.15, 0.2) is 22.5 Å². The number of aryl methyl sites for hydroxylation is 1. The molecule has 1 N–H and O–H groups in total. The Morgan fingerprint density at radius 1 is 1.09 bits per heavy atom. The van der Waals surface area contributed by atoms with Gasteiger partial charge in [0.2, 0.25) is 12.7 Å². The highest BCUT2D eigenvalue weighted by Crippen LogP contribution is 2.34. The van der Waals surface area contributed by atoms with E-state index in [9.17, 15) is 4.79 Å². The summed E-state index contributed by atoms with van der Waals surface area (Å²) in [5.41, 5.74) is 3.52. The molecule has 1 aliphatic rings. The minimum Gasteiger partial charge on any atom is -0.454 e. The van der Waals surface area contributed by atoms with Crippen molar-refractivity contribution in [2.45, 2.75) is 12.1 Å². The number of rotatable bonds is 6. The number of para-hydroxylation sites is 1. The molecule has 4 aromatic rings. The van der Waals surface area contributed by atoms with Gasteiger partial charge in [-0.2, -0.15) is 0 Å². The summed E-state index contributed by atoms with van der Waals surface area (Å²) in [7, 11) is 0. The molecule has 3 heterocycles. The summed E-state index contributed by atoms with van der Waals surface area (Å²) in [5, 5.41) is 12.3. The zero-order chi connectivity index (χ0) is 21.9. The molecule has 0 bridgehead atoms. The third kappa shape index (κ3) is 4.02. The first kappa shape index (κ1) is 20.1. The Hall–Kier alpha value is -3.85. The first-order chi connectivity index (χ1) is 15.7. The number of carbonyl (C=O) groups is 1. The maximum absolute atomic E-state index is 12.6. The van der Waals surface area contributed by atoms with Crippen molar-refractivity contribution in [3.63, 3.8) is 0 Å². The fraction of sp³-hybridized carbons (Fsp3) is 0.130. The summed E-state index contributed by atoms with van der Waals surface area (Å²) in [6.07, 6.45) is 3.47. The smallest absolute Gasteiger partial charge is 0.234 e. The lowest BCUT2D eigenvalue weighted by atomic mass is 10.2. The van der Waals surface area contributed by atoms with Gasteiger partial charge >= 0.3 is 0 Å². The average molecular weight is 446 g/mol. The number of aromatic nitrogens is 4. The van der Waals surface area contributed by atoms with Crippen molar-refractivity contribution in [3.8, 4) is 28.6 Å². The van der Waals surface area contributed by atoms with Crippen LogP contribution in [0.2, 0.25) is 0 Å². The summed E-state index contributed by atoms with van der Waals surface area (Å²) in [6, 6.07) is 17.1. The van der Waals surface area contributed by atoms with E-state index in [-0.39, 0.29) is 18.5 Å². The van der Waals surface area contributed by atoms with Crippen LogP contribution in [0.5, 0.6) is 11.5 Å². The van der Waals surface area contributed by atoms with Crippen molar-refractivity contribution in [1.29, 1.82) is 0 Å². The van der Waals surface area contributed by atoms with Crippen LogP contribution in [-0.2, 0) is 4.79 Å². The van der Waals surface area contributed by atoms with Crippen LogP contribution in [-0.4, -0.2) is 38.2 Å². The number of benzene rings is 2. The van der Waals surface area contributed by atoms with E-state index in [0.717, 1.165) is 16.8 Å². The van der Waals surface area contributed by atoms with Crippen molar-refractivity contribution in [3.05, 3.63) is 72.6 Å². The fourth-order valence-corrected chi connectivity index (χ4v) is 4.12. The predicted octanol–water partition coefficient (Wildman–Crippen LogP) is 4.10. The van der Waals surface area contributed by atoms with E-state index in [2.05, 4.69) is 20.5 Å². The normalized spacial score (nSPS) is 12.0. The molecule has 9 heteroatoms. The van der Waals surface area contributed by atoms with Gasteiger partial charge in [-0.15, -0.1) is 10.2 Å². The minimum atomic E-state index is -0.156. The largest absolute Gasteiger partial charge is 0.454 e. The molecule has 2 aromatic carbocycles. The molecule has 0 radical (unpaired) electrons. The van der Waals surface area contributed by atoms with Crippen molar-refractivity contribution in [1.82, 2.24) is 19.7 Å². The van der Waals surface area contributed by atoms with Crippen LogP contribution in [0.4, 0.5) is 5.69 Å². The Labute approximate surface area is 188 Å². The van der Waals surface area contributed by atoms with Gasteiger partial charge in [0.05, 0.1) is 11.4 Å². The SMILES string of the molecule is Cc1ccccc1-n1c(SCC(=O)Nc2ccc3c(c2)OCO3)nnc1-c1cccnc1. The molecule has 8 nitrogen and oxygen atoms in total.